The first kappa shape index (κ1) is 20.0. The van der Waals surface area contributed by atoms with Crippen LogP contribution >= 0.6 is 0 Å². The van der Waals surface area contributed by atoms with Gasteiger partial charge < -0.3 is 5.11 Å². The Morgan fingerprint density at radius 1 is 1.16 bits per heavy atom. The highest BCUT2D eigenvalue weighted by Crippen LogP contribution is 2.12. The number of nitrogens with zero attached hydrogens (tertiary/aromatic N) is 1. The molecule has 0 fully saturated rings. The molecule has 6 heteroatoms. The number of aromatic carboxylic acids is 1. The number of hydrogen-bond acceptors (Lipinski definition) is 2. The summed E-state index contributed by atoms with van der Waals surface area (Å²) in [6, 6.07) is 8.96. The molecular weight excluding hydrogens is 331 g/mol. The molecule has 0 aliphatic heterocycles. The van der Waals surface area contributed by atoms with Crippen molar-refractivity contribution >= 4 is 5.97 Å². The minimum absolute atomic E-state index is 0.273. The molecule has 0 spiro atoms. The second kappa shape index (κ2) is 9.93. The first-order valence-corrected chi connectivity index (χ1v) is 7.37. The Balaban J connectivity index is 0.000000271. The SMILES string of the molecule is C/C=C/CCc1ccc(C(=O)O)c(F)c1.N#Cc1c(F)cccc1F. The fourth-order valence-electron chi connectivity index (χ4n) is 1.91. The first-order chi connectivity index (χ1) is 11.9. The fourth-order valence-corrected chi connectivity index (χ4v) is 1.91. The maximum Gasteiger partial charge on any atom is 0.338 e. The molecule has 0 radical (unpaired) electrons. The van der Waals surface area contributed by atoms with Gasteiger partial charge >= 0.3 is 5.97 Å². The molecule has 0 amide bonds. The number of halogens is 3. The smallest absolute Gasteiger partial charge is 0.338 e. The van der Waals surface area contributed by atoms with Gasteiger partial charge in [0.25, 0.3) is 0 Å². The highest BCUT2D eigenvalue weighted by Gasteiger charge is 2.09. The van der Waals surface area contributed by atoms with Crippen molar-refractivity contribution in [3.63, 3.8) is 0 Å². The van der Waals surface area contributed by atoms with Gasteiger partial charge in [0, 0.05) is 0 Å². The minimum atomic E-state index is -1.23. The number of carboxylic acid groups (broad SMARTS) is 1. The lowest BCUT2D eigenvalue weighted by Crippen LogP contribution is -2.01. The van der Waals surface area contributed by atoms with Crippen molar-refractivity contribution in [2.24, 2.45) is 0 Å². The number of hydrogen-bond donors (Lipinski definition) is 1. The zero-order valence-electron chi connectivity index (χ0n) is 13.5. The summed E-state index contributed by atoms with van der Waals surface area (Å²) in [6.07, 6.45) is 5.48. The van der Waals surface area contributed by atoms with Crippen LogP contribution in [0, 0.1) is 28.8 Å². The second-order valence-electron chi connectivity index (χ2n) is 4.94. The van der Waals surface area contributed by atoms with E-state index in [4.69, 9.17) is 10.4 Å². The number of carbonyl (C=O) groups is 1. The van der Waals surface area contributed by atoms with Gasteiger partial charge in [0.1, 0.15) is 29.1 Å². The van der Waals surface area contributed by atoms with Gasteiger partial charge in [0.05, 0.1) is 5.56 Å². The van der Waals surface area contributed by atoms with Crippen molar-refractivity contribution < 1.29 is 23.1 Å². The summed E-state index contributed by atoms with van der Waals surface area (Å²) in [5.41, 5.74) is 0.0166. The molecule has 2 aromatic rings. The van der Waals surface area contributed by atoms with Crippen molar-refractivity contribution in [2.75, 3.05) is 0 Å². The third-order valence-electron chi connectivity index (χ3n) is 3.17. The highest BCUT2D eigenvalue weighted by atomic mass is 19.1. The van der Waals surface area contributed by atoms with Crippen molar-refractivity contribution in [1.82, 2.24) is 0 Å². The summed E-state index contributed by atoms with van der Waals surface area (Å²) < 4.78 is 38.0. The molecule has 0 bridgehead atoms. The van der Waals surface area contributed by atoms with Crippen LogP contribution in [-0.2, 0) is 6.42 Å². The summed E-state index contributed by atoms with van der Waals surface area (Å²) in [7, 11) is 0. The van der Waals surface area contributed by atoms with Gasteiger partial charge in [-0.25, -0.2) is 18.0 Å². The largest absolute Gasteiger partial charge is 0.478 e. The van der Waals surface area contributed by atoms with E-state index < -0.39 is 29.0 Å². The van der Waals surface area contributed by atoms with E-state index in [-0.39, 0.29) is 5.56 Å². The van der Waals surface area contributed by atoms with E-state index in [1.165, 1.54) is 24.3 Å². The monoisotopic (exact) mass is 347 g/mol. The van der Waals surface area contributed by atoms with E-state index >= 15 is 0 Å². The van der Waals surface area contributed by atoms with E-state index in [1.807, 2.05) is 19.1 Å². The van der Waals surface area contributed by atoms with Crippen molar-refractivity contribution in [3.05, 3.63) is 82.7 Å². The van der Waals surface area contributed by atoms with Gasteiger partial charge in [-0.15, -0.1) is 0 Å². The van der Waals surface area contributed by atoms with Crippen LogP contribution in [0.15, 0.2) is 48.6 Å². The van der Waals surface area contributed by atoms with Crippen LogP contribution in [0.3, 0.4) is 0 Å². The van der Waals surface area contributed by atoms with Crippen molar-refractivity contribution in [1.29, 1.82) is 5.26 Å². The predicted octanol–water partition coefficient (Wildman–Crippen LogP) is 4.87. The average molecular weight is 347 g/mol. The normalized spacial score (nSPS) is 10.0. The molecule has 130 valence electrons. The third-order valence-corrected chi connectivity index (χ3v) is 3.17. The summed E-state index contributed by atoms with van der Waals surface area (Å²) in [6.45, 7) is 1.92. The standard InChI is InChI=1S/C12H13FO2.C7H3F2N/c1-2-3-4-5-9-6-7-10(12(14)15)11(13)8-9;8-6-2-1-3-7(9)5(6)4-10/h2-3,6-8H,4-5H2,1H3,(H,14,15);1-3H/b3-2+;. The van der Waals surface area contributed by atoms with Crippen LogP contribution in [0.2, 0.25) is 0 Å². The number of carboxylic acids is 1. The molecule has 0 atom stereocenters. The summed E-state index contributed by atoms with van der Waals surface area (Å²) in [5, 5.41) is 16.8. The van der Waals surface area contributed by atoms with E-state index in [0.717, 1.165) is 30.5 Å². The van der Waals surface area contributed by atoms with Gasteiger partial charge in [-0.3, -0.25) is 0 Å². The summed E-state index contributed by atoms with van der Waals surface area (Å²) in [5.74, 6) is -3.53. The average Bonchev–Trinajstić information content (AvgIpc) is 2.56. The first-order valence-electron chi connectivity index (χ1n) is 7.37. The maximum atomic E-state index is 13.2. The number of nitriles is 1. The lowest BCUT2D eigenvalue weighted by Gasteiger charge is -2.01. The Morgan fingerprint density at radius 3 is 2.24 bits per heavy atom. The quantitative estimate of drug-likeness (QED) is 0.803. The van der Waals surface area contributed by atoms with Crippen molar-refractivity contribution in [2.45, 2.75) is 19.8 Å². The Kier molecular flexibility index (Phi) is 7.94. The molecule has 25 heavy (non-hydrogen) atoms. The number of rotatable bonds is 4. The van der Waals surface area contributed by atoms with Crippen LogP contribution in [0.25, 0.3) is 0 Å². The number of aryl methyl sites for hydroxylation is 1. The predicted molar refractivity (Wildman–Crippen MR) is 87.6 cm³/mol. The molecule has 0 unspecified atom stereocenters. The minimum Gasteiger partial charge on any atom is -0.478 e. The Hall–Kier alpha value is -3.07. The molecule has 0 aromatic heterocycles. The van der Waals surface area contributed by atoms with Crippen LogP contribution in [0.1, 0.15) is 34.8 Å². The van der Waals surface area contributed by atoms with Gasteiger partial charge in [0.15, 0.2) is 0 Å². The molecule has 0 saturated heterocycles. The number of allylic oxidation sites excluding steroid dienone is 2. The fraction of sp³-hybridized carbons (Fsp3) is 0.158. The van der Waals surface area contributed by atoms with E-state index in [2.05, 4.69) is 0 Å². The van der Waals surface area contributed by atoms with Crippen LogP contribution in [0.5, 0.6) is 0 Å². The van der Waals surface area contributed by atoms with Crippen molar-refractivity contribution in [3.8, 4) is 6.07 Å². The molecule has 0 heterocycles. The molecule has 0 aliphatic carbocycles. The molecule has 0 saturated carbocycles. The summed E-state index contributed by atoms with van der Waals surface area (Å²) in [4.78, 5) is 10.5. The Bertz CT molecular complexity index is 791. The Morgan fingerprint density at radius 2 is 1.80 bits per heavy atom. The van der Waals surface area contributed by atoms with Crippen LogP contribution < -0.4 is 0 Å². The molecule has 0 aliphatic rings. The zero-order chi connectivity index (χ0) is 18.8. The Labute approximate surface area is 143 Å². The summed E-state index contributed by atoms with van der Waals surface area (Å²) >= 11 is 0. The lowest BCUT2D eigenvalue weighted by atomic mass is 10.1. The molecule has 3 nitrogen and oxygen atoms in total. The maximum absolute atomic E-state index is 13.2. The van der Waals surface area contributed by atoms with Gasteiger partial charge in [-0.2, -0.15) is 5.26 Å². The van der Waals surface area contributed by atoms with Crippen LogP contribution in [-0.4, -0.2) is 11.1 Å². The van der Waals surface area contributed by atoms with Gasteiger partial charge in [0.2, 0.25) is 0 Å². The molecule has 1 N–H and O–H groups in total. The number of benzene rings is 2. The van der Waals surface area contributed by atoms with Gasteiger partial charge in [-0.1, -0.05) is 24.3 Å². The van der Waals surface area contributed by atoms with E-state index in [1.54, 1.807) is 6.07 Å². The molecule has 2 aromatic carbocycles. The highest BCUT2D eigenvalue weighted by molar-refractivity contribution is 5.87. The van der Waals surface area contributed by atoms with Gasteiger partial charge in [-0.05, 0) is 49.6 Å². The lowest BCUT2D eigenvalue weighted by molar-refractivity contribution is 0.0692. The third kappa shape index (κ3) is 6.15. The topological polar surface area (TPSA) is 61.1 Å². The van der Waals surface area contributed by atoms with E-state index in [0.29, 0.717) is 0 Å². The van der Waals surface area contributed by atoms with E-state index in [9.17, 15) is 18.0 Å². The molecular formula is C19H16F3NO2. The van der Waals surface area contributed by atoms with Crippen LogP contribution in [0.4, 0.5) is 13.2 Å². The second-order valence-corrected chi connectivity index (χ2v) is 4.94. The zero-order valence-corrected chi connectivity index (χ0v) is 13.5. The molecule has 2 rings (SSSR count).